The highest BCUT2D eigenvalue weighted by Gasteiger charge is 2.56. The van der Waals surface area contributed by atoms with E-state index in [1.165, 1.54) is 0 Å². The molecule has 0 radical (unpaired) electrons. The van der Waals surface area contributed by atoms with Gasteiger partial charge < -0.3 is 23.2 Å². The van der Waals surface area contributed by atoms with Crippen molar-refractivity contribution in [3.63, 3.8) is 0 Å². The van der Waals surface area contributed by atoms with Crippen LogP contribution in [-0.2, 0) is 18.6 Å². The molecule has 4 rings (SSSR count). The minimum Gasteiger partial charge on any atom is -0.414 e. The third-order valence-electron chi connectivity index (χ3n) is 6.69. The molecule has 2 saturated heterocycles. The zero-order valence-electron chi connectivity index (χ0n) is 19.6. The SMILES string of the molecule is Cc1nc(C)c2ccn([C@@H]3O[C@H](CO[Si](C)(C)C(C)(C)C)[C@H]4OC(C)(C)OC34)c2n1. The number of aromatic nitrogens is 3. The first-order valence-corrected chi connectivity index (χ1v) is 13.7. The second-order valence-electron chi connectivity index (χ2n) is 10.5. The summed E-state index contributed by atoms with van der Waals surface area (Å²) in [7, 11) is -1.90. The first-order chi connectivity index (χ1) is 13.8. The molecule has 1 unspecified atom stereocenters. The summed E-state index contributed by atoms with van der Waals surface area (Å²) >= 11 is 0. The van der Waals surface area contributed by atoms with Crippen molar-refractivity contribution in [3.05, 3.63) is 23.8 Å². The van der Waals surface area contributed by atoms with Gasteiger partial charge >= 0.3 is 0 Å². The second kappa shape index (κ2) is 7.10. The minimum absolute atomic E-state index is 0.138. The molecule has 30 heavy (non-hydrogen) atoms. The van der Waals surface area contributed by atoms with Crippen LogP contribution in [0.4, 0.5) is 0 Å². The fourth-order valence-electron chi connectivity index (χ4n) is 4.05. The van der Waals surface area contributed by atoms with Gasteiger partial charge in [0.1, 0.15) is 29.8 Å². The van der Waals surface area contributed by atoms with Crippen LogP contribution in [0.5, 0.6) is 0 Å². The Labute approximate surface area is 180 Å². The number of hydrogen-bond acceptors (Lipinski definition) is 6. The molecule has 0 aromatic carbocycles. The summed E-state index contributed by atoms with van der Waals surface area (Å²) in [6.45, 7) is 19.6. The van der Waals surface area contributed by atoms with E-state index < -0.39 is 14.1 Å². The molecule has 0 aliphatic carbocycles. The van der Waals surface area contributed by atoms with Crippen LogP contribution in [-0.4, -0.2) is 53.6 Å². The first-order valence-electron chi connectivity index (χ1n) is 10.8. The fraction of sp³-hybridized carbons (Fsp3) is 0.727. The van der Waals surface area contributed by atoms with Crippen molar-refractivity contribution >= 4 is 19.4 Å². The van der Waals surface area contributed by atoms with Gasteiger partial charge in [0.05, 0.1) is 12.3 Å². The number of fused-ring (bicyclic) bond motifs is 2. The molecule has 2 fully saturated rings. The van der Waals surface area contributed by atoms with Crippen molar-refractivity contribution in [1.29, 1.82) is 0 Å². The summed E-state index contributed by atoms with van der Waals surface area (Å²) in [4.78, 5) is 9.17. The summed E-state index contributed by atoms with van der Waals surface area (Å²) in [5, 5.41) is 1.17. The lowest BCUT2D eigenvalue weighted by molar-refractivity contribution is -0.199. The van der Waals surface area contributed by atoms with Gasteiger partial charge in [0.25, 0.3) is 0 Å². The predicted octanol–water partition coefficient (Wildman–Crippen LogP) is 4.49. The molecule has 2 aromatic heterocycles. The van der Waals surface area contributed by atoms with Crippen molar-refractivity contribution in [2.75, 3.05) is 6.61 Å². The van der Waals surface area contributed by atoms with Gasteiger partial charge in [-0.15, -0.1) is 0 Å². The van der Waals surface area contributed by atoms with E-state index in [0.717, 1.165) is 22.6 Å². The normalized spacial score (nSPS) is 29.0. The number of ether oxygens (including phenoxy) is 3. The van der Waals surface area contributed by atoms with E-state index in [1.54, 1.807) is 0 Å². The lowest BCUT2D eigenvalue weighted by Crippen LogP contribution is -2.44. The van der Waals surface area contributed by atoms with E-state index in [1.807, 2.05) is 40.0 Å². The topological polar surface area (TPSA) is 67.6 Å². The smallest absolute Gasteiger partial charge is 0.192 e. The van der Waals surface area contributed by atoms with Crippen molar-refractivity contribution in [1.82, 2.24) is 14.5 Å². The molecule has 0 bridgehead atoms. The van der Waals surface area contributed by atoms with Crippen LogP contribution < -0.4 is 0 Å². The maximum Gasteiger partial charge on any atom is 0.192 e. The molecule has 0 saturated carbocycles. The summed E-state index contributed by atoms with van der Waals surface area (Å²) in [5.74, 6) is 0.0901. The maximum absolute atomic E-state index is 6.51. The molecule has 0 N–H and O–H groups in total. The van der Waals surface area contributed by atoms with E-state index >= 15 is 0 Å². The van der Waals surface area contributed by atoms with Crippen molar-refractivity contribution in [2.45, 2.75) is 96.9 Å². The molecule has 0 spiro atoms. The fourth-order valence-corrected chi connectivity index (χ4v) is 5.06. The molecular weight excluding hydrogens is 398 g/mol. The molecule has 7 nitrogen and oxygen atoms in total. The van der Waals surface area contributed by atoms with Crippen molar-refractivity contribution in [3.8, 4) is 0 Å². The molecular formula is C22H35N3O4Si. The van der Waals surface area contributed by atoms with Gasteiger partial charge in [-0.25, -0.2) is 9.97 Å². The van der Waals surface area contributed by atoms with Crippen LogP contribution in [0.2, 0.25) is 18.1 Å². The molecule has 2 aromatic rings. The lowest BCUT2D eigenvalue weighted by Gasteiger charge is -2.37. The largest absolute Gasteiger partial charge is 0.414 e. The third-order valence-corrected chi connectivity index (χ3v) is 11.2. The monoisotopic (exact) mass is 433 g/mol. The number of hydrogen-bond donors (Lipinski definition) is 0. The minimum atomic E-state index is -1.90. The Morgan fingerprint density at radius 3 is 2.47 bits per heavy atom. The molecule has 2 aliphatic heterocycles. The van der Waals surface area contributed by atoms with E-state index in [4.69, 9.17) is 18.6 Å². The second-order valence-corrected chi connectivity index (χ2v) is 15.3. The summed E-state index contributed by atoms with van der Waals surface area (Å²) in [6.07, 6.45) is 1.09. The van der Waals surface area contributed by atoms with Crippen LogP contribution in [0.1, 0.15) is 52.4 Å². The van der Waals surface area contributed by atoms with E-state index in [-0.39, 0.29) is 29.6 Å². The van der Waals surface area contributed by atoms with E-state index in [0.29, 0.717) is 6.61 Å². The van der Waals surface area contributed by atoms with Crippen LogP contribution in [0, 0.1) is 13.8 Å². The number of nitrogens with zero attached hydrogens (tertiary/aromatic N) is 3. The molecule has 4 heterocycles. The molecule has 4 atom stereocenters. The van der Waals surface area contributed by atoms with Gasteiger partial charge in [-0.05, 0) is 51.9 Å². The summed E-state index contributed by atoms with van der Waals surface area (Å²) < 4.78 is 27.6. The van der Waals surface area contributed by atoms with Gasteiger partial charge in [0.2, 0.25) is 0 Å². The quantitative estimate of drug-likeness (QED) is 0.662. The maximum atomic E-state index is 6.51. The molecule has 2 aliphatic rings. The van der Waals surface area contributed by atoms with Gasteiger partial charge in [-0.3, -0.25) is 0 Å². The van der Waals surface area contributed by atoms with E-state index in [2.05, 4.69) is 48.4 Å². The van der Waals surface area contributed by atoms with Crippen LogP contribution in [0.3, 0.4) is 0 Å². The lowest BCUT2D eigenvalue weighted by atomic mass is 10.1. The summed E-state index contributed by atoms with van der Waals surface area (Å²) in [5.41, 5.74) is 1.83. The number of rotatable bonds is 4. The molecule has 166 valence electrons. The standard InChI is InChI=1S/C22H35N3O4Si/c1-13-15-10-11-25(19(15)24-14(2)23-13)20-18-17(28-22(6,7)29-18)16(27-20)12-26-30(8,9)21(3,4)5/h10-11,16-18,20H,12H2,1-9H3/t16-,17-,18?,20-/m1/s1. The first kappa shape index (κ1) is 21.9. The van der Waals surface area contributed by atoms with Crippen molar-refractivity contribution in [2.24, 2.45) is 0 Å². The predicted molar refractivity (Wildman–Crippen MR) is 118 cm³/mol. The Hall–Kier alpha value is -1.32. The molecule has 0 amide bonds. The average Bonchev–Trinajstić information content (AvgIpc) is 3.23. The number of aryl methyl sites for hydroxylation is 2. The van der Waals surface area contributed by atoms with Gasteiger partial charge in [-0.2, -0.15) is 0 Å². The Kier molecular flexibility index (Phi) is 5.18. The van der Waals surface area contributed by atoms with Gasteiger partial charge in [0.15, 0.2) is 20.3 Å². The third kappa shape index (κ3) is 3.73. The molecule has 8 heteroatoms. The Morgan fingerprint density at radius 2 is 1.80 bits per heavy atom. The summed E-state index contributed by atoms with van der Waals surface area (Å²) in [6, 6.07) is 2.04. The highest BCUT2D eigenvalue weighted by molar-refractivity contribution is 6.74. The van der Waals surface area contributed by atoms with Gasteiger partial charge in [-0.1, -0.05) is 20.8 Å². The van der Waals surface area contributed by atoms with Crippen LogP contribution in [0.25, 0.3) is 11.0 Å². The Morgan fingerprint density at radius 1 is 1.13 bits per heavy atom. The average molecular weight is 434 g/mol. The Bertz CT molecular complexity index is 950. The van der Waals surface area contributed by atoms with E-state index in [9.17, 15) is 0 Å². The van der Waals surface area contributed by atoms with Crippen molar-refractivity contribution < 1.29 is 18.6 Å². The zero-order chi connectivity index (χ0) is 22.1. The Balaban J connectivity index is 1.64. The highest BCUT2D eigenvalue weighted by atomic mass is 28.4. The van der Waals surface area contributed by atoms with Gasteiger partial charge in [0, 0.05) is 11.6 Å². The zero-order valence-corrected chi connectivity index (χ0v) is 20.6. The highest BCUT2D eigenvalue weighted by Crippen LogP contribution is 2.45. The van der Waals surface area contributed by atoms with Crippen LogP contribution >= 0.6 is 0 Å². The van der Waals surface area contributed by atoms with Crippen LogP contribution in [0.15, 0.2) is 12.3 Å².